The average Bonchev–Trinajstić information content (AvgIpc) is 2.35. The Bertz CT molecular complexity index is 433. The van der Waals surface area contributed by atoms with Crippen LogP contribution in [0.4, 0.5) is 0 Å². The molecule has 1 rings (SSSR count). The van der Waals surface area contributed by atoms with E-state index in [0.717, 1.165) is 6.42 Å². The number of carboxylic acid groups (broad SMARTS) is 1. The molecule has 1 aromatic rings. The van der Waals surface area contributed by atoms with E-state index in [4.69, 9.17) is 9.84 Å². The third-order valence-electron chi connectivity index (χ3n) is 2.81. The van der Waals surface area contributed by atoms with Gasteiger partial charge in [0.25, 0.3) is 0 Å². The van der Waals surface area contributed by atoms with Crippen molar-refractivity contribution in [2.24, 2.45) is 5.92 Å². The zero-order chi connectivity index (χ0) is 14.4. The first-order valence-corrected chi connectivity index (χ1v) is 6.71. The van der Waals surface area contributed by atoms with Crippen molar-refractivity contribution in [3.63, 3.8) is 0 Å². The summed E-state index contributed by atoms with van der Waals surface area (Å²) in [4.78, 5) is 19.7. The van der Waals surface area contributed by atoms with Crippen LogP contribution in [0.15, 0.2) is 6.20 Å². The Morgan fingerprint density at radius 1 is 1.42 bits per heavy atom. The van der Waals surface area contributed by atoms with Gasteiger partial charge in [0.05, 0.1) is 11.3 Å². The van der Waals surface area contributed by atoms with Crippen LogP contribution in [0.1, 0.15) is 62.1 Å². The highest BCUT2D eigenvalue weighted by atomic mass is 16.5. The maximum Gasteiger partial charge on any atom is 0.339 e. The highest BCUT2D eigenvalue weighted by Crippen LogP contribution is 2.23. The molecule has 106 valence electrons. The third kappa shape index (κ3) is 3.99. The van der Waals surface area contributed by atoms with E-state index in [1.807, 2.05) is 27.7 Å². The van der Waals surface area contributed by atoms with Gasteiger partial charge >= 0.3 is 5.97 Å². The van der Waals surface area contributed by atoms with Crippen molar-refractivity contribution in [1.82, 2.24) is 9.97 Å². The minimum Gasteiger partial charge on any atom is -0.478 e. The van der Waals surface area contributed by atoms with Crippen LogP contribution in [0.3, 0.4) is 0 Å². The van der Waals surface area contributed by atoms with E-state index in [1.165, 1.54) is 6.20 Å². The summed E-state index contributed by atoms with van der Waals surface area (Å²) in [6.45, 7) is 8.57. The second-order valence-corrected chi connectivity index (χ2v) is 4.76. The largest absolute Gasteiger partial charge is 0.478 e. The molecule has 0 aromatic carbocycles. The summed E-state index contributed by atoms with van der Waals surface area (Å²) in [7, 11) is 0. The molecule has 0 spiro atoms. The fourth-order valence-electron chi connectivity index (χ4n) is 1.92. The quantitative estimate of drug-likeness (QED) is 0.821. The molecule has 1 heterocycles. The van der Waals surface area contributed by atoms with Crippen molar-refractivity contribution in [1.29, 1.82) is 0 Å². The molecule has 0 aliphatic carbocycles. The topological polar surface area (TPSA) is 72.3 Å². The predicted molar refractivity (Wildman–Crippen MR) is 72.2 cm³/mol. The molecule has 19 heavy (non-hydrogen) atoms. The van der Waals surface area contributed by atoms with Gasteiger partial charge < -0.3 is 9.84 Å². The summed E-state index contributed by atoms with van der Waals surface area (Å²) in [6, 6.07) is 0. The monoisotopic (exact) mass is 266 g/mol. The Morgan fingerprint density at radius 2 is 2.11 bits per heavy atom. The van der Waals surface area contributed by atoms with E-state index < -0.39 is 5.97 Å². The normalized spacial score (nSPS) is 12.7. The lowest BCUT2D eigenvalue weighted by Crippen LogP contribution is -2.17. The van der Waals surface area contributed by atoms with Crippen LogP contribution in [0.5, 0.6) is 0 Å². The summed E-state index contributed by atoms with van der Waals surface area (Å²) in [5.41, 5.74) is 0.773. The Morgan fingerprint density at radius 3 is 2.58 bits per heavy atom. The number of nitrogens with zero attached hydrogens (tertiary/aromatic N) is 2. The SMILES string of the molecule is CCCc1nc(C(OCC)C(C)C)ncc1C(=O)O. The van der Waals surface area contributed by atoms with Gasteiger partial charge in [-0.15, -0.1) is 0 Å². The standard InChI is InChI=1S/C14H22N2O3/c1-5-7-11-10(14(17)18)8-15-13(16-11)12(9(3)4)19-6-2/h8-9,12H,5-7H2,1-4H3,(H,17,18). The second kappa shape index (κ2) is 7.19. The number of hydrogen-bond acceptors (Lipinski definition) is 4. The van der Waals surface area contributed by atoms with Gasteiger partial charge in [0, 0.05) is 12.8 Å². The van der Waals surface area contributed by atoms with Crippen LogP contribution < -0.4 is 0 Å². The van der Waals surface area contributed by atoms with Crippen molar-refractivity contribution in [2.75, 3.05) is 6.61 Å². The first-order chi connectivity index (χ1) is 9.01. The van der Waals surface area contributed by atoms with Crippen molar-refractivity contribution in [3.8, 4) is 0 Å². The Kier molecular flexibility index (Phi) is 5.89. The van der Waals surface area contributed by atoms with Crippen molar-refractivity contribution in [3.05, 3.63) is 23.3 Å². The number of aromatic nitrogens is 2. The molecule has 5 nitrogen and oxygen atoms in total. The molecule has 0 aliphatic rings. The molecule has 0 amide bonds. The molecule has 5 heteroatoms. The van der Waals surface area contributed by atoms with Crippen LogP contribution in [0.25, 0.3) is 0 Å². The third-order valence-corrected chi connectivity index (χ3v) is 2.81. The average molecular weight is 266 g/mol. The van der Waals surface area contributed by atoms with Crippen molar-refractivity contribution < 1.29 is 14.6 Å². The lowest BCUT2D eigenvalue weighted by Gasteiger charge is -2.20. The zero-order valence-electron chi connectivity index (χ0n) is 12.0. The molecule has 1 atom stereocenters. The Hall–Kier alpha value is -1.49. The van der Waals surface area contributed by atoms with Gasteiger partial charge in [0.15, 0.2) is 5.82 Å². The van der Waals surface area contributed by atoms with Crippen LogP contribution in [0, 0.1) is 5.92 Å². The number of ether oxygens (including phenoxy) is 1. The lowest BCUT2D eigenvalue weighted by molar-refractivity contribution is 0.0229. The number of carbonyl (C=O) groups is 1. The van der Waals surface area contributed by atoms with Crippen LogP contribution in [0.2, 0.25) is 0 Å². The van der Waals surface area contributed by atoms with Gasteiger partial charge in [-0.1, -0.05) is 27.2 Å². The number of aryl methyl sites for hydroxylation is 1. The van der Waals surface area contributed by atoms with Gasteiger partial charge in [-0.2, -0.15) is 0 Å². The van der Waals surface area contributed by atoms with E-state index in [-0.39, 0.29) is 17.6 Å². The molecule has 0 radical (unpaired) electrons. The first kappa shape index (κ1) is 15.6. The van der Waals surface area contributed by atoms with E-state index in [9.17, 15) is 4.79 Å². The van der Waals surface area contributed by atoms with Crippen molar-refractivity contribution in [2.45, 2.75) is 46.6 Å². The minimum absolute atomic E-state index is 0.185. The summed E-state index contributed by atoms with van der Waals surface area (Å²) < 4.78 is 5.65. The molecule has 0 saturated heterocycles. The minimum atomic E-state index is -0.979. The van der Waals surface area contributed by atoms with Gasteiger partial charge in [0.1, 0.15) is 6.10 Å². The van der Waals surface area contributed by atoms with E-state index >= 15 is 0 Å². The molecule has 0 saturated carbocycles. The lowest BCUT2D eigenvalue weighted by atomic mass is 10.1. The van der Waals surface area contributed by atoms with E-state index in [1.54, 1.807) is 0 Å². The molecular weight excluding hydrogens is 244 g/mol. The number of aromatic carboxylic acids is 1. The number of carboxylic acids is 1. The van der Waals surface area contributed by atoms with Gasteiger partial charge in [0.2, 0.25) is 0 Å². The molecule has 0 fully saturated rings. The maximum atomic E-state index is 11.1. The van der Waals surface area contributed by atoms with Gasteiger partial charge in [-0.3, -0.25) is 0 Å². The summed E-state index contributed by atoms with van der Waals surface area (Å²) >= 11 is 0. The summed E-state index contributed by atoms with van der Waals surface area (Å²) in [5.74, 6) is -0.164. The van der Waals surface area contributed by atoms with E-state index in [2.05, 4.69) is 9.97 Å². The molecule has 0 aliphatic heterocycles. The Labute approximate surface area is 114 Å². The molecular formula is C14H22N2O3. The van der Waals surface area contributed by atoms with Crippen LogP contribution in [-0.2, 0) is 11.2 Å². The molecule has 1 N–H and O–H groups in total. The maximum absolute atomic E-state index is 11.1. The van der Waals surface area contributed by atoms with E-state index in [0.29, 0.717) is 24.5 Å². The second-order valence-electron chi connectivity index (χ2n) is 4.76. The molecule has 0 bridgehead atoms. The van der Waals surface area contributed by atoms with Gasteiger partial charge in [-0.25, -0.2) is 14.8 Å². The fraction of sp³-hybridized carbons (Fsp3) is 0.643. The smallest absolute Gasteiger partial charge is 0.339 e. The highest BCUT2D eigenvalue weighted by Gasteiger charge is 2.21. The Balaban J connectivity index is 3.15. The predicted octanol–water partition coefficient (Wildman–Crippen LogP) is 2.86. The van der Waals surface area contributed by atoms with Crippen molar-refractivity contribution >= 4 is 5.97 Å². The fourth-order valence-corrected chi connectivity index (χ4v) is 1.92. The van der Waals surface area contributed by atoms with Crippen LogP contribution in [-0.4, -0.2) is 27.7 Å². The van der Waals surface area contributed by atoms with Gasteiger partial charge in [-0.05, 0) is 19.3 Å². The summed E-state index contributed by atoms with van der Waals surface area (Å²) in [6.07, 6.45) is 2.68. The number of rotatable bonds is 7. The number of hydrogen-bond donors (Lipinski definition) is 1. The first-order valence-electron chi connectivity index (χ1n) is 6.71. The molecule has 1 unspecified atom stereocenters. The van der Waals surface area contributed by atoms with Crippen LogP contribution >= 0.6 is 0 Å². The molecule has 1 aromatic heterocycles. The summed E-state index contributed by atoms with van der Waals surface area (Å²) in [5, 5.41) is 9.12. The zero-order valence-corrected chi connectivity index (χ0v) is 12.0. The highest BCUT2D eigenvalue weighted by molar-refractivity contribution is 5.88.